The number of nitrogens with two attached hydrogens (primary N) is 3. The molecule has 10 heteroatoms. The molecule has 20 heavy (non-hydrogen) atoms. The maximum atomic E-state index is 11.1. The van der Waals surface area contributed by atoms with Crippen molar-refractivity contribution >= 4 is 27.3 Å². The Kier molecular flexibility index (Phi) is 3.68. The number of sulfonamides is 1. The third kappa shape index (κ3) is 3.10. The van der Waals surface area contributed by atoms with Crippen molar-refractivity contribution in [3.05, 3.63) is 29.8 Å². The van der Waals surface area contributed by atoms with Gasteiger partial charge >= 0.3 is 0 Å². The van der Waals surface area contributed by atoms with Crippen LogP contribution < -0.4 is 16.6 Å². The number of aromatic nitrogens is 2. The summed E-state index contributed by atoms with van der Waals surface area (Å²) in [7, 11) is -3.69. The Bertz CT molecular complexity index is 714. The Hall–Kier alpha value is -2.46. The number of hydrogen-bond donors (Lipinski definition) is 4. The van der Waals surface area contributed by atoms with Gasteiger partial charge in [0.05, 0.1) is 11.4 Å². The van der Waals surface area contributed by atoms with E-state index in [9.17, 15) is 8.42 Å². The lowest BCUT2D eigenvalue weighted by Gasteiger charge is -1.99. The van der Waals surface area contributed by atoms with Gasteiger partial charge in [-0.3, -0.25) is 5.10 Å². The van der Waals surface area contributed by atoms with E-state index in [2.05, 4.69) is 20.4 Å². The monoisotopic (exact) mass is 295 g/mol. The topological polar surface area (TPSA) is 166 Å². The number of benzene rings is 1. The van der Waals surface area contributed by atoms with Gasteiger partial charge < -0.3 is 11.5 Å². The minimum atomic E-state index is -3.69. The van der Waals surface area contributed by atoms with E-state index in [-0.39, 0.29) is 28.8 Å². The molecule has 0 aliphatic carbocycles. The average Bonchev–Trinajstić information content (AvgIpc) is 2.70. The molecule has 0 bridgehead atoms. The van der Waals surface area contributed by atoms with E-state index in [4.69, 9.17) is 16.6 Å². The van der Waals surface area contributed by atoms with Crippen molar-refractivity contribution in [2.24, 2.45) is 15.4 Å². The van der Waals surface area contributed by atoms with Gasteiger partial charge in [0.15, 0.2) is 11.5 Å². The Balaban J connectivity index is 2.08. The largest absolute Gasteiger partial charge is 0.382 e. The van der Waals surface area contributed by atoms with Gasteiger partial charge in [0.2, 0.25) is 10.0 Å². The predicted molar refractivity (Wildman–Crippen MR) is 73.4 cm³/mol. The third-order valence-corrected chi connectivity index (χ3v) is 3.40. The lowest BCUT2D eigenvalue weighted by atomic mass is 10.2. The minimum absolute atomic E-state index is 0.0431. The van der Waals surface area contributed by atoms with Gasteiger partial charge in [0, 0.05) is 0 Å². The molecule has 0 aliphatic rings. The molecule has 2 aromatic rings. The van der Waals surface area contributed by atoms with E-state index in [0.29, 0.717) is 0 Å². The molecule has 0 atom stereocenters. The summed E-state index contributed by atoms with van der Waals surface area (Å²) in [5, 5.41) is 18.9. The fraction of sp³-hybridized carbons (Fsp3) is 0.100. The van der Waals surface area contributed by atoms with Crippen molar-refractivity contribution in [3.8, 4) is 0 Å². The summed E-state index contributed by atoms with van der Waals surface area (Å²) in [6.07, 6.45) is 0. The van der Waals surface area contributed by atoms with Crippen LogP contribution in [0.5, 0.6) is 0 Å². The van der Waals surface area contributed by atoms with Crippen LogP contribution in [0.1, 0.15) is 5.56 Å². The first-order valence-corrected chi connectivity index (χ1v) is 7.01. The van der Waals surface area contributed by atoms with Crippen LogP contribution in [0.25, 0.3) is 0 Å². The average molecular weight is 295 g/mol. The molecule has 0 amide bonds. The number of nitrogen functional groups attached to an aromatic ring is 2. The number of rotatable bonds is 4. The number of anilines is 2. The molecule has 2 rings (SSSR count). The van der Waals surface area contributed by atoms with E-state index in [1.165, 1.54) is 12.1 Å². The van der Waals surface area contributed by atoms with Crippen LogP contribution in [0.4, 0.5) is 17.3 Å². The van der Waals surface area contributed by atoms with Crippen molar-refractivity contribution < 1.29 is 8.42 Å². The summed E-state index contributed by atoms with van der Waals surface area (Å²) < 4.78 is 22.2. The van der Waals surface area contributed by atoms with E-state index >= 15 is 0 Å². The zero-order chi connectivity index (χ0) is 14.8. The minimum Gasteiger partial charge on any atom is -0.382 e. The van der Waals surface area contributed by atoms with Gasteiger partial charge in [-0.1, -0.05) is 12.1 Å². The summed E-state index contributed by atoms with van der Waals surface area (Å²) >= 11 is 0. The van der Waals surface area contributed by atoms with Crippen LogP contribution in [0.3, 0.4) is 0 Å². The standard InChI is InChI=1S/C10H13N7O2S/c11-9-8(10(12)17-16-9)15-14-5-6-1-3-7(4-2-6)20(13,18)19/h1-4H,5H2,(H2,13,18,19)(H5,11,12,16,17). The molecule has 7 N–H and O–H groups in total. The summed E-state index contributed by atoms with van der Waals surface area (Å²) in [6, 6.07) is 6.00. The third-order valence-electron chi connectivity index (χ3n) is 2.47. The second kappa shape index (κ2) is 5.27. The molecular formula is C10H13N7O2S. The van der Waals surface area contributed by atoms with E-state index in [1.807, 2.05) is 0 Å². The van der Waals surface area contributed by atoms with Crippen molar-refractivity contribution in [3.63, 3.8) is 0 Å². The number of hydrogen-bond acceptors (Lipinski definition) is 7. The summed E-state index contributed by atoms with van der Waals surface area (Å²) in [5.74, 6) is 0.395. The first-order chi connectivity index (χ1) is 9.38. The Labute approximate surface area is 114 Å². The number of H-pyrrole nitrogens is 1. The van der Waals surface area contributed by atoms with Crippen LogP contribution in [-0.2, 0) is 16.6 Å². The number of primary sulfonamides is 1. The molecule has 106 valence electrons. The van der Waals surface area contributed by atoms with Gasteiger partial charge in [0.25, 0.3) is 0 Å². The van der Waals surface area contributed by atoms with Crippen LogP contribution in [-0.4, -0.2) is 18.6 Å². The zero-order valence-electron chi connectivity index (χ0n) is 10.3. The second-order valence-corrected chi connectivity index (χ2v) is 5.52. The first kappa shape index (κ1) is 14.0. The molecule has 0 radical (unpaired) electrons. The van der Waals surface area contributed by atoms with Crippen molar-refractivity contribution in [1.82, 2.24) is 10.2 Å². The molecule has 1 aromatic carbocycles. The Morgan fingerprint density at radius 1 is 1.20 bits per heavy atom. The van der Waals surface area contributed by atoms with Crippen molar-refractivity contribution in [2.45, 2.75) is 11.4 Å². The highest BCUT2D eigenvalue weighted by atomic mass is 32.2. The Morgan fingerprint density at radius 2 is 1.85 bits per heavy atom. The molecule has 0 aliphatic heterocycles. The van der Waals surface area contributed by atoms with E-state index in [1.54, 1.807) is 12.1 Å². The molecule has 0 fully saturated rings. The quantitative estimate of drug-likeness (QED) is 0.602. The number of nitrogens with zero attached hydrogens (tertiary/aromatic N) is 3. The molecule has 1 aromatic heterocycles. The van der Waals surface area contributed by atoms with Crippen LogP contribution in [0.15, 0.2) is 39.4 Å². The highest BCUT2D eigenvalue weighted by Gasteiger charge is 2.07. The summed E-state index contributed by atoms with van der Waals surface area (Å²) in [5.41, 5.74) is 12.1. The molecule has 0 saturated heterocycles. The van der Waals surface area contributed by atoms with Gasteiger partial charge in [-0.2, -0.15) is 10.2 Å². The van der Waals surface area contributed by atoms with E-state index < -0.39 is 10.0 Å². The fourth-order valence-electron chi connectivity index (χ4n) is 1.44. The highest BCUT2D eigenvalue weighted by Crippen LogP contribution is 2.26. The predicted octanol–water partition coefficient (Wildman–Crippen LogP) is 0.505. The van der Waals surface area contributed by atoms with Gasteiger partial charge in [-0.15, -0.1) is 5.11 Å². The summed E-state index contributed by atoms with van der Waals surface area (Å²) in [4.78, 5) is 0.0431. The maximum Gasteiger partial charge on any atom is 0.238 e. The van der Waals surface area contributed by atoms with Crippen molar-refractivity contribution in [1.29, 1.82) is 0 Å². The number of nitrogens with one attached hydrogen (secondary N) is 1. The molecule has 0 unspecified atom stereocenters. The fourth-order valence-corrected chi connectivity index (χ4v) is 1.96. The van der Waals surface area contributed by atoms with Gasteiger partial charge in [-0.05, 0) is 17.7 Å². The maximum absolute atomic E-state index is 11.1. The summed E-state index contributed by atoms with van der Waals surface area (Å²) in [6.45, 7) is 0.245. The van der Waals surface area contributed by atoms with E-state index in [0.717, 1.165) is 5.56 Å². The van der Waals surface area contributed by atoms with Crippen LogP contribution >= 0.6 is 0 Å². The normalized spacial score (nSPS) is 12.1. The molecule has 1 heterocycles. The van der Waals surface area contributed by atoms with Gasteiger partial charge in [-0.25, -0.2) is 13.6 Å². The smallest absolute Gasteiger partial charge is 0.238 e. The highest BCUT2D eigenvalue weighted by molar-refractivity contribution is 7.89. The lowest BCUT2D eigenvalue weighted by Crippen LogP contribution is -2.11. The Morgan fingerprint density at radius 3 is 2.35 bits per heavy atom. The first-order valence-electron chi connectivity index (χ1n) is 5.46. The lowest BCUT2D eigenvalue weighted by molar-refractivity contribution is 0.598. The van der Waals surface area contributed by atoms with Crippen LogP contribution in [0, 0.1) is 0 Å². The molecule has 0 spiro atoms. The second-order valence-electron chi connectivity index (χ2n) is 3.96. The number of aromatic amines is 1. The SMILES string of the molecule is Nc1n[nH]c(N)c1N=NCc1ccc(S(N)(=O)=O)cc1. The number of azo groups is 1. The van der Waals surface area contributed by atoms with Gasteiger partial charge in [0.1, 0.15) is 5.82 Å². The zero-order valence-corrected chi connectivity index (χ0v) is 11.1. The van der Waals surface area contributed by atoms with Crippen molar-refractivity contribution in [2.75, 3.05) is 11.5 Å². The van der Waals surface area contributed by atoms with Crippen LogP contribution in [0.2, 0.25) is 0 Å². The molecule has 9 nitrogen and oxygen atoms in total. The molecular weight excluding hydrogens is 282 g/mol. The molecule has 0 saturated carbocycles.